The molecular formula is C15H15N3O4. The molecule has 1 saturated heterocycles. The van der Waals surface area contributed by atoms with E-state index in [1.807, 2.05) is 30.3 Å². The number of carbonyl (C=O) groups is 2. The SMILES string of the molecule is O=C(O)c1cnn(C2CN(C(=O)OCc3ccccc3)C2)c1. The molecule has 7 nitrogen and oxygen atoms in total. The van der Waals surface area contributed by atoms with E-state index in [0.29, 0.717) is 13.1 Å². The first kappa shape index (κ1) is 14.1. The van der Waals surface area contributed by atoms with E-state index in [9.17, 15) is 9.59 Å². The molecule has 0 bridgehead atoms. The van der Waals surface area contributed by atoms with Crippen LogP contribution < -0.4 is 0 Å². The van der Waals surface area contributed by atoms with Crippen molar-refractivity contribution in [3.05, 3.63) is 53.9 Å². The third-order valence-electron chi connectivity index (χ3n) is 3.55. The number of likely N-dealkylation sites (tertiary alicyclic amines) is 1. The maximum Gasteiger partial charge on any atom is 0.410 e. The number of hydrogen-bond donors (Lipinski definition) is 1. The molecule has 1 fully saturated rings. The number of benzene rings is 1. The monoisotopic (exact) mass is 301 g/mol. The van der Waals surface area contributed by atoms with Crippen LogP contribution in [0.15, 0.2) is 42.7 Å². The summed E-state index contributed by atoms with van der Waals surface area (Å²) in [5, 5.41) is 12.9. The largest absolute Gasteiger partial charge is 0.478 e. The first-order valence-corrected chi connectivity index (χ1v) is 6.86. The number of carboxylic acid groups (broad SMARTS) is 1. The third-order valence-corrected chi connectivity index (χ3v) is 3.55. The Morgan fingerprint density at radius 3 is 2.64 bits per heavy atom. The van der Waals surface area contributed by atoms with E-state index >= 15 is 0 Å². The summed E-state index contributed by atoms with van der Waals surface area (Å²) >= 11 is 0. The summed E-state index contributed by atoms with van der Waals surface area (Å²) in [5.41, 5.74) is 1.08. The summed E-state index contributed by atoms with van der Waals surface area (Å²) in [6, 6.07) is 9.46. The Labute approximate surface area is 126 Å². The van der Waals surface area contributed by atoms with Crippen LogP contribution >= 0.6 is 0 Å². The molecule has 3 rings (SSSR count). The highest BCUT2D eigenvalue weighted by Crippen LogP contribution is 2.22. The van der Waals surface area contributed by atoms with Gasteiger partial charge in [0.05, 0.1) is 17.8 Å². The van der Waals surface area contributed by atoms with Crippen molar-refractivity contribution in [1.29, 1.82) is 0 Å². The lowest BCUT2D eigenvalue weighted by Crippen LogP contribution is -2.51. The fraction of sp³-hybridized carbons (Fsp3) is 0.267. The fourth-order valence-electron chi connectivity index (χ4n) is 2.23. The maximum atomic E-state index is 11.9. The highest BCUT2D eigenvalue weighted by atomic mass is 16.6. The quantitative estimate of drug-likeness (QED) is 0.930. The zero-order chi connectivity index (χ0) is 15.5. The van der Waals surface area contributed by atoms with Crippen LogP contribution in [0.1, 0.15) is 22.0 Å². The molecule has 2 aromatic rings. The molecule has 0 spiro atoms. The second-order valence-electron chi connectivity index (χ2n) is 5.11. The summed E-state index contributed by atoms with van der Waals surface area (Å²) < 4.78 is 6.80. The van der Waals surface area contributed by atoms with Gasteiger partial charge in [-0.2, -0.15) is 5.10 Å². The molecule has 1 aliphatic rings. The first-order chi connectivity index (χ1) is 10.6. The van der Waals surface area contributed by atoms with Gasteiger partial charge >= 0.3 is 12.1 Å². The Bertz CT molecular complexity index is 677. The zero-order valence-corrected chi connectivity index (χ0v) is 11.8. The molecule has 1 aliphatic heterocycles. The molecule has 1 aromatic heterocycles. The number of amides is 1. The summed E-state index contributed by atoms with van der Waals surface area (Å²) in [6.07, 6.45) is 2.41. The van der Waals surface area contributed by atoms with Gasteiger partial charge in [0, 0.05) is 19.3 Å². The molecule has 0 saturated carbocycles. The molecule has 114 valence electrons. The zero-order valence-electron chi connectivity index (χ0n) is 11.8. The molecular weight excluding hydrogens is 286 g/mol. The molecule has 22 heavy (non-hydrogen) atoms. The van der Waals surface area contributed by atoms with Gasteiger partial charge in [0.2, 0.25) is 0 Å². The predicted octanol–water partition coefficient (Wildman–Crippen LogP) is 1.77. The lowest BCUT2D eigenvalue weighted by atomic mass is 10.1. The number of aromatic carboxylic acids is 1. The van der Waals surface area contributed by atoms with E-state index in [0.717, 1.165) is 5.56 Å². The van der Waals surface area contributed by atoms with Gasteiger partial charge in [-0.1, -0.05) is 30.3 Å². The van der Waals surface area contributed by atoms with Crippen LogP contribution in [0.25, 0.3) is 0 Å². The summed E-state index contributed by atoms with van der Waals surface area (Å²) in [4.78, 5) is 24.2. The molecule has 0 aliphatic carbocycles. The van der Waals surface area contributed by atoms with Gasteiger partial charge in [-0.3, -0.25) is 4.68 Å². The van der Waals surface area contributed by atoms with Crippen molar-refractivity contribution in [2.75, 3.05) is 13.1 Å². The van der Waals surface area contributed by atoms with Crippen LogP contribution in [-0.2, 0) is 11.3 Å². The van der Waals surface area contributed by atoms with Gasteiger partial charge in [0.15, 0.2) is 0 Å². The molecule has 0 radical (unpaired) electrons. The molecule has 0 atom stereocenters. The molecule has 1 amide bonds. The van der Waals surface area contributed by atoms with Gasteiger partial charge in [0.1, 0.15) is 6.61 Å². The van der Waals surface area contributed by atoms with E-state index in [-0.39, 0.29) is 24.3 Å². The Morgan fingerprint density at radius 1 is 1.27 bits per heavy atom. The van der Waals surface area contributed by atoms with Crippen molar-refractivity contribution in [1.82, 2.24) is 14.7 Å². The van der Waals surface area contributed by atoms with Gasteiger partial charge < -0.3 is 14.7 Å². The number of hydrogen-bond acceptors (Lipinski definition) is 4. The van der Waals surface area contributed by atoms with Crippen molar-refractivity contribution in [3.63, 3.8) is 0 Å². The topological polar surface area (TPSA) is 84.7 Å². The Kier molecular flexibility index (Phi) is 3.78. The van der Waals surface area contributed by atoms with Crippen LogP contribution in [0.2, 0.25) is 0 Å². The van der Waals surface area contributed by atoms with Crippen molar-refractivity contribution in [2.45, 2.75) is 12.6 Å². The normalized spacial score (nSPS) is 14.5. The molecule has 1 N–H and O–H groups in total. The summed E-state index contributed by atoms with van der Waals surface area (Å²) in [7, 11) is 0. The lowest BCUT2D eigenvalue weighted by Gasteiger charge is -2.38. The van der Waals surface area contributed by atoms with Gasteiger partial charge in [-0.25, -0.2) is 9.59 Å². The smallest absolute Gasteiger partial charge is 0.410 e. The first-order valence-electron chi connectivity index (χ1n) is 6.86. The van der Waals surface area contributed by atoms with E-state index in [1.54, 1.807) is 9.58 Å². The van der Waals surface area contributed by atoms with Crippen molar-refractivity contribution >= 4 is 12.1 Å². The van der Waals surface area contributed by atoms with Crippen LogP contribution in [-0.4, -0.2) is 44.9 Å². The van der Waals surface area contributed by atoms with E-state index < -0.39 is 5.97 Å². The number of rotatable bonds is 4. The van der Waals surface area contributed by atoms with Crippen molar-refractivity contribution in [3.8, 4) is 0 Å². The average molecular weight is 301 g/mol. The minimum absolute atomic E-state index is 0.00243. The van der Waals surface area contributed by atoms with Crippen LogP contribution in [0.5, 0.6) is 0 Å². The summed E-state index contributed by atoms with van der Waals surface area (Å²) in [5.74, 6) is -1.01. The number of carbonyl (C=O) groups excluding carboxylic acids is 1. The second kappa shape index (κ2) is 5.88. The molecule has 2 heterocycles. The van der Waals surface area contributed by atoms with Gasteiger partial charge in [0.25, 0.3) is 0 Å². The number of aromatic nitrogens is 2. The highest BCUT2D eigenvalue weighted by molar-refractivity contribution is 5.86. The minimum Gasteiger partial charge on any atom is -0.478 e. The van der Waals surface area contributed by atoms with E-state index in [2.05, 4.69) is 5.10 Å². The minimum atomic E-state index is -1.01. The average Bonchev–Trinajstić information content (AvgIpc) is 2.94. The Balaban J connectivity index is 1.48. The second-order valence-corrected chi connectivity index (χ2v) is 5.11. The highest BCUT2D eigenvalue weighted by Gasteiger charge is 2.33. The van der Waals surface area contributed by atoms with Gasteiger partial charge in [-0.05, 0) is 5.56 Å². The van der Waals surface area contributed by atoms with E-state index in [4.69, 9.17) is 9.84 Å². The van der Waals surface area contributed by atoms with Crippen LogP contribution in [0.3, 0.4) is 0 Å². The lowest BCUT2D eigenvalue weighted by molar-refractivity contribution is 0.0494. The maximum absolute atomic E-state index is 11.9. The summed E-state index contributed by atoms with van der Waals surface area (Å²) in [6.45, 7) is 1.18. The van der Waals surface area contributed by atoms with Crippen molar-refractivity contribution in [2.24, 2.45) is 0 Å². The predicted molar refractivity (Wildman–Crippen MR) is 76.4 cm³/mol. The van der Waals surface area contributed by atoms with Gasteiger partial charge in [-0.15, -0.1) is 0 Å². The Morgan fingerprint density at radius 2 is 2.00 bits per heavy atom. The Hall–Kier alpha value is -2.83. The molecule has 0 unspecified atom stereocenters. The number of carboxylic acids is 1. The standard InChI is InChI=1S/C15H15N3O4/c19-14(20)12-6-16-18(7-12)13-8-17(9-13)15(21)22-10-11-4-2-1-3-5-11/h1-7,13H,8-10H2,(H,19,20). The fourth-order valence-corrected chi connectivity index (χ4v) is 2.23. The number of ether oxygens (including phenoxy) is 1. The third kappa shape index (κ3) is 2.93. The van der Waals surface area contributed by atoms with Crippen molar-refractivity contribution < 1.29 is 19.4 Å². The van der Waals surface area contributed by atoms with Crippen LogP contribution in [0.4, 0.5) is 4.79 Å². The molecule has 7 heteroatoms. The molecule has 1 aromatic carbocycles. The number of nitrogens with zero attached hydrogens (tertiary/aromatic N) is 3. The van der Waals surface area contributed by atoms with Crippen LogP contribution in [0, 0.1) is 0 Å². The van der Waals surface area contributed by atoms with E-state index in [1.165, 1.54) is 12.4 Å².